The maximum Gasteiger partial charge on any atom is 0.271 e. The van der Waals surface area contributed by atoms with Gasteiger partial charge in [0.2, 0.25) is 5.91 Å². The largest absolute Gasteiger partial charge is 0.326 e. The number of non-ortho nitro benzene ring substituents is 1. The normalized spacial score (nSPS) is 11.9. The molecule has 0 bridgehead atoms. The van der Waals surface area contributed by atoms with Crippen molar-refractivity contribution in [3.63, 3.8) is 0 Å². The Morgan fingerprint density at radius 3 is 2.82 bits per heavy atom. The van der Waals surface area contributed by atoms with E-state index >= 15 is 0 Å². The summed E-state index contributed by atoms with van der Waals surface area (Å²) in [5.74, 6) is -0.188. The minimum absolute atomic E-state index is 0.0223. The fourth-order valence-corrected chi connectivity index (χ4v) is 1.53. The maximum atomic E-state index is 11.7. The summed E-state index contributed by atoms with van der Waals surface area (Å²) in [7, 11) is 0. The minimum atomic E-state index is -0.481. The molecule has 1 rings (SSSR count). The minimum Gasteiger partial charge on any atom is -0.326 e. The zero-order valence-electron chi connectivity index (χ0n) is 9.97. The first kappa shape index (κ1) is 13.2. The third-order valence-corrected chi connectivity index (χ3v) is 2.49. The molecule has 0 aliphatic carbocycles. The van der Waals surface area contributed by atoms with Crippen LogP contribution in [0.4, 0.5) is 11.4 Å². The summed E-state index contributed by atoms with van der Waals surface area (Å²) in [6, 6.07) is 5.95. The summed E-state index contributed by atoms with van der Waals surface area (Å²) in [4.78, 5) is 21.8. The first-order valence-corrected chi connectivity index (χ1v) is 5.60. The standard InChI is InChI=1S/C12H16N2O3/c1-3-5-9(2)12(15)13-10-6-4-7-11(8-10)14(16)17/h4,6-9H,3,5H2,1-2H3,(H,13,15). The Morgan fingerprint density at radius 1 is 1.53 bits per heavy atom. The molecule has 1 amide bonds. The molecule has 1 N–H and O–H groups in total. The number of anilines is 1. The van der Waals surface area contributed by atoms with Crippen molar-refractivity contribution in [3.8, 4) is 0 Å². The first-order chi connectivity index (χ1) is 8.04. The predicted molar refractivity (Wildman–Crippen MR) is 65.8 cm³/mol. The molecule has 1 aromatic rings. The molecule has 92 valence electrons. The first-order valence-electron chi connectivity index (χ1n) is 5.60. The lowest BCUT2D eigenvalue weighted by atomic mass is 10.1. The zero-order chi connectivity index (χ0) is 12.8. The molecule has 5 heteroatoms. The summed E-state index contributed by atoms with van der Waals surface area (Å²) >= 11 is 0. The molecule has 0 saturated heterocycles. The molecule has 1 aromatic carbocycles. The number of nitrogens with one attached hydrogen (secondary N) is 1. The molecule has 0 spiro atoms. The van der Waals surface area contributed by atoms with Crippen LogP contribution in [0.25, 0.3) is 0 Å². The van der Waals surface area contributed by atoms with Gasteiger partial charge >= 0.3 is 0 Å². The Kier molecular flexibility index (Phi) is 4.63. The van der Waals surface area contributed by atoms with Crippen molar-refractivity contribution in [2.45, 2.75) is 26.7 Å². The van der Waals surface area contributed by atoms with Gasteiger partial charge in [-0.25, -0.2) is 0 Å². The van der Waals surface area contributed by atoms with E-state index in [1.807, 2.05) is 13.8 Å². The van der Waals surface area contributed by atoms with Crippen molar-refractivity contribution in [1.29, 1.82) is 0 Å². The van der Waals surface area contributed by atoms with Crippen LogP contribution in [0.3, 0.4) is 0 Å². The van der Waals surface area contributed by atoms with Crippen molar-refractivity contribution in [3.05, 3.63) is 34.4 Å². The highest BCUT2D eigenvalue weighted by molar-refractivity contribution is 5.92. The second kappa shape index (κ2) is 5.98. The highest BCUT2D eigenvalue weighted by atomic mass is 16.6. The number of carbonyl (C=O) groups excluding carboxylic acids is 1. The molecule has 0 saturated carbocycles. The lowest BCUT2D eigenvalue weighted by molar-refractivity contribution is -0.384. The number of hydrogen-bond acceptors (Lipinski definition) is 3. The molecule has 0 aromatic heterocycles. The van der Waals surface area contributed by atoms with Gasteiger partial charge in [-0.15, -0.1) is 0 Å². The molecular weight excluding hydrogens is 220 g/mol. The number of rotatable bonds is 5. The molecule has 17 heavy (non-hydrogen) atoms. The Morgan fingerprint density at radius 2 is 2.24 bits per heavy atom. The Hall–Kier alpha value is -1.91. The quantitative estimate of drug-likeness (QED) is 0.631. The van der Waals surface area contributed by atoms with Crippen LogP contribution in [0.2, 0.25) is 0 Å². The second-order valence-corrected chi connectivity index (χ2v) is 3.99. The SMILES string of the molecule is CCCC(C)C(=O)Nc1cccc([N+](=O)[O-])c1. The topological polar surface area (TPSA) is 72.2 Å². The Bertz CT molecular complexity index is 418. The highest BCUT2D eigenvalue weighted by Crippen LogP contribution is 2.18. The maximum absolute atomic E-state index is 11.7. The monoisotopic (exact) mass is 236 g/mol. The van der Waals surface area contributed by atoms with E-state index in [0.29, 0.717) is 5.69 Å². The smallest absolute Gasteiger partial charge is 0.271 e. The Labute approximate surface area is 100.0 Å². The molecule has 0 aliphatic heterocycles. The fraction of sp³-hybridized carbons (Fsp3) is 0.417. The molecule has 0 fully saturated rings. The van der Waals surface area contributed by atoms with Gasteiger partial charge in [-0.3, -0.25) is 14.9 Å². The summed E-state index contributed by atoms with van der Waals surface area (Å²) in [5.41, 5.74) is 0.443. The lowest BCUT2D eigenvalue weighted by Crippen LogP contribution is -2.20. The van der Waals surface area contributed by atoms with Crippen LogP contribution in [0, 0.1) is 16.0 Å². The fourth-order valence-electron chi connectivity index (χ4n) is 1.53. The Balaban J connectivity index is 2.71. The summed E-state index contributed by atoms with van der Waals surface area (Å²) in [5, 5.41) is 13.2. The molecule has 1 unspecified atom stereocenters. The number of nitro benzene ring substituents is 1. The van der Waals surface area contributed by atoms with Gasteiger partial charge in [0, 0.05) is 23.7 Å². The van der Waals surface area contributed by atoms with Gasteiger partial charge < -0.3 is 5.32 Å². The van der Waals surface area contributed by atoms with E-state index in [4.69, 9.17) is 0 Å². The lowest BCUT2D eigenvalue weighted by Gasteiger charge is -2.10. The summed E-state index contributed by atoms with van der Waals surface area (Å²) in [6.07, 6.45) is 1.74. The predicted octanol–water partition coefficient (Wildman–Crippen LogP) is 2.97. The second-order valence-electron chi connectivity index (χ2n) is 3.99. The van der Waals surface area contributed by atoms with Crippen molar-refractivity contribution in [1.82, 2.24) is 0 Å². The summed E-state index contributed by atoms with van der Waals surface area (Å²) in [6.45, 7) is 3.85. The molecule has 1 atom stereocenters. The van der Waals surface area contributed by atoms with Crippen LogP contribution in [-0.2, 0) is 4.79 Å². The molecule has 0 heterocycles. The van der Waals surface area contributed by atoms with E-state index < -0.39 is 4.92 Å². The zero-order valence-corrected chi connectivity index (χ0v) is 9.97. The average Bonchev–Trinajstić information content (AvgIpc) is 2.29. The van der Waals surface area contributed by atoms with Crippen LogP contribution in [0.1, 0.15) is 26.7 Å². The highest BCUT2D eigenvalue weighted by Gasteiger charge is 2.13. The number of nitro groups is 1. The molecule has 0 radical (unpaired) electrons. The van der Waals surface area contributed by atoms with E-state index in [0.717, 1.165) is 12.8 Å². The van der Waals surface area contributed by atoms with Crippen LogP contribution < -0.4 is 5.32 Å². The van der Waals surface area contributed by atoms with Crippen molar-refractivity contribution < 1.29 is 9.72 Å². The van der Waals surface area contributed by atoms with E-state index in [1.165, 1.54) is 12.1 Å². The van der Waals surface area contributed by atoms with Gasteiger partial charge in [-0.1, -0.05) is 26.3 Å². The van der Waals surface area contributed by atoms with Crippen molar-refractivity contribution >= 4 is 17.3 Å². The van der Waals surface area contributed by atoms with Gasteiger partial charge in [0.25, 0.3) is 5.69 Å². The van der Waals surface area contributed by atoms with E-state index in [2.05, 4.69) is 5.32 Å². The third kappa shape index (κ3) is 3.86. The van der Waals surface area contributed by atoms with Gasteiger partial charge in [0.15, 0.2) is 0 Å². The molecule has 5 nitrogen and oxygen atoms in total. The van der Waals surface area contributed by atoms with Gasteiger partial charge in [0.1, 0.15) is 0 Å². The van der Waals surface area contributed by atoms with Crippen molar-refractivity contribution in [2.24, 2.45) is 5.92 Å². The molecular formula is C12H16N2O3. The van der Waals surface area contributed by atoms with Crippen LogP contribution in [0.15, 0.2) is 24.3 Å². The molecule has 0 aliphatic rings. The van der Waals surface area contributed by atoms with Crippen LogP contribution in [0.5, 0.6) is 0 Å². The number of amides is 1. The van der Waals surface area contributed by atoms with Crippen molar-refractivity contribution in [2.75, 3.05) is 5.32 Å². The van der Waals surface area contributed by atoms with E-state index in [1.54, 1.807) is 12.1 Å². The van der Waals surface area contributed by atoms with Gasteiger partial charge in [-0.2, -0.15) is 0 Å². The van der Waals surface area contributed by atoms with E-state index in [-0.39, 0.29) is 17.5 Å². The number of nitrogens with zero attached hydrogens (tertiary/aromatic N) is 1. The van der Waals surface area contributed by atoms with Gasteiger partial charge in [0.05, 0.1) is 4.92 Å². The number of benzene rings is 1. The van der Waals surface area contributed by atoms with E-state index in [9.17, 15) is 14.9 Å². The van der Waals surface area contributed by atoms with Crippen LogP contribution in [-0.4, -0.2) is 10.8 Å². The average molecular weight is 236 g/mol. The summed E-state index contributed by atoms with van der Waals surface area (Å²) < 4.78 is 0. The number of carbonyl (C=O) groups is 1. The van der Waals surface area contributed by atoms with Gasteiger partial charge in [-0.05, 0) is 12.5 Å². The third-order valence-electron chi connectivity index (χ3n) is 2.49. The number of hydrogen-bond donors (Lipinski definition) is 1. The van der Waals surface area contributed by atoms with Crippen LogP contribution >= 0.6 is 0 Å².